The lowest BCUT2D eigenvalue weighted by molar-refractivity contribution is 0.0939. The molecule has 1 aromatic carbocycles. The molecule has 0 aromatic heterocycles. The summed E-state index contributed by atoms with van der Waals surface area (Å²) in [5, 5.41) is 3.17. The van der Waals surface area contributed by atoms with Crippen LogP contribution in [0, 0.1) is 11.7 Å². The van der Waals surface area contributed by atoms with E-state index in [0.717, 1.165) is 12.8 Å². The van der Waals surface area contributed by atoms with E-state index in [9.17, 15) is 9.18 Å². The predicted molar refractivity (Wildman–Crippen MR) is 70.3 cm³/mol. The molecule has 0 unspecified atom stereocenters. The minimum atomic E-state index is -0.527. The third-order valence-corrected chi connectivity index (χ3v) is 3.68. The van der Waals surface area contributed by atoms with Crippen LogP contribution in [0.25, 0.3) is 0 Å². The minimum absolute atomic E-state index is 0.0262. The Morgan fingerprint density at radius 2 is 2.06 bits per heavy atom. The molecule has 1 fully saturated rings. The highest BCUT2D eigenvalue weighted by Crippen LogP contribution is 2.23. The van der Waals surface area contributed by atoms with Gasteiger partial charge in [0.25, 0.3) is 5.91 Å². The van der Waals surface area contributed by atoms with E-state index in [4.69, 9.17) is 11.6 Å². The molecule has 4 heteroatoms. The number of hydrogen-bond acceptors (Lipinski definition) is 1. The van der Waals surface area contributed by atoms with Crippen LogP contribution in [-0.4, -0.2) is 12.5 Å². The van der Waals surface area contributed by atoms with E-state index >= 15 is 0 Å². The van der Waals surface area contributed by atoms with E-state index < -0.39 is 5.82 Å². The molecule has 0 saturated heterocycles. The van der Waals surface area contributed by atoms with Crippen LogP contribution in [0.1, 0.15) is 42.5 Å². The summed E-state index contributed by atoms with van der Waals surface area (Å²) in [6.45, 7) is 0.630. The van der Waals surface area contributed by atoms with Crippen LogP contribution in [0.15, 0.2) is 18.2 Å². The first-order valence-electron chi connectivity index (χ1n) is 6.40. The number of carbonyl (C=O) groups is 1. The molecule has 1 aromatic rings. The fourth-order valence-corrected chi connectivity index (χ4v) is 2.57. The molecule has 1 saturated carbocycles. The molecule has 1 amide bonds. The SMILES string of the molecule is O=C(NCC1CCCCC1)c1cc(Cl)ccc1F. The number of carbonyl (C=O) groups excluding carboxylic acids is 1. The Bertz CT molecular complexity index is 430. The Balaban J connectivity index is 1.92. The first-order chi connectivity index (χ1) is 8.66. The van der Waals surface area contributed by atoms with Gasteiger partial charge >= 0.3 is 0 Å². The van der Waals surface area contributed by atoms with Crippen molar-refractivity contribution < 1.29 is 9.18 Å². The van der Waals surface area contributed by atoms with Crippen LogP contribution in [0.4, 0.5) is 4.39 Å². The van der Waals surface area contributed by atoms with Crippen molar-refractivity contribution in [3.05, 3.63) is 34.6 Å². The van der Waals surface area contributed by atoms with Gasteiger partial charge in [0.05, 0.1) is 5.56 Å². The zero-order valence-corrected chi connectivity index (χ0v) is 11.0. The number of hydrogen-bond donors (Lipinski definition) is 1. The Labute approximate surface area is 112 Å². The highest BCUT2D eigenvalue weighted by Gasteiger charge is 2.16. The summed E-state index contributed by atoms with van der Waals surface area (Å²) < 4.78 is 13.5. The van der Waals surface area contributed by atoms with Crippen molar-refractivity contribution in [3.63, 3.8) is 0 Å². The van der Waals surface area contributed by atoms with Gasteiger partial charge < -0.3 is 5.32 Å². The molecule has 1 N–H and O–H groups in total. The third kappa shape index (κ3) is 3.45. The lowest BCUT2D eigenvalue weighted by Crippen LogP contribution is -2.30. The van der Waals surface area contributed by atoms with Crippen molar-refractivity contribution in [3.8, 4) is 0 Å². The van der Waals surface area contributed by atoms with Crippen molar-refractivity contribution in [2.24, 2.45) is 5.92 Å². The molecule has 98 valence electrons. The van der Waals surface area contributed by atoms with E-state index in [1.807, 2.05) is 0 Å². The molecular formula is C14H17ClFNO. The summed E-state index contributed by atoms with van der Waals surface area (Å²) in [4.78, 5) is 11.9. The summed E-state index contributed by atoms with van der Waals surface area (Å²) in [5.74, 6) is -0.369. The maximum absolute atomic E-state index is 13.5. The van der Waals surface area contributed by atoms with E-state index in [2.05, 4.69) is 5.32 Å². The Morgan fingerprint density at radius 1 is 1.33 bits per heavy atom. The normalized spacial score (nSPS) is 16.6. The molecule has 18 heavy (non-hydrogen) atoms. The molecule has 2 rings (SSSR count). The summed E-state index contributed by atoms with van der Waals surface area (Å²) in [6, 6.07) is 4.03. The zero-order chi connectivity index (χ0) is 13.0. The van der Waals surface area contributed by atoms with Crippen LogP contribution in [0.5, 0.6) is 0 Å². The molecular weight excluding hydrogens is 253 g/mol. The van der Waals surface area contributed by atoms with Crippen LogP contribution in [0.3, 0.4) is 0 Å². The lowest BCUT2D eigenvalue weighted by Gasteiger charge is -2.21. The average molecular weight is 270 g/mol. The molecule has 0 aliphatic heterocycles. The molecule has 0 atom stereocenters. The van der Waals surface area contributed by atoms with Gasteiger partial charge in [-0.3, -0.25) is 4.79 Å². The van der Waals surface area contributed by atoms with Crippen LogP contribution in [-0.2, 0) is 0 Å². The fraction of sp³-hybridized carbons (Fsp3) is 0.500. The van der Waals surface area contributed by atoms with Gasteiger partial charge in [0.1, 0.15) is 5.82 Å². The van der Waals surface area contributed by atoms with E-state index in [0.29, 0.717) is 17.5 Å². The molecule has 1 aliphatic rings. The average Bonchev–Trinajstić information content (AvgIpc) is 2.40. The Morgan fingerprint density at radius 3 is 2.78 bits per heavy atom. The van der Waals surface area contributed by atoms with Crippen molar-refractivity contribution in [2.45, 2.75) is 32.1 Å². The number of halogens is 2. The number of amides is 1. The van der Waals surface area contributed by atoms with Crippen LogP contribution < -0.4 is 5.32 Å². The second-order valence-electron chi connectivity index (χ2n) is 4.84. The van der Waals surface area contributed by atoms with Gasteiger partial charge in [-0.25, -0.2) is 4.39 Å². The van der Waals surface area contributed by atoms with Crippen molar-refractivity contribution in [1.82, 2.24) is 5.32 Å². The standard InChI is InChI=1S/C14H17ClFNO/c15-11-6-7-13(16)12(8-11)14(18)17-9-10-4-2-1-3-5-10/h6-8,10H,1-5,9H2,(H,17,18). The number of nitrogens with one attached hydrogen (secondary N) is 1. The van der Waals surface area contributed by atoms with Gasteiger partial charge in [-0.05, 0) is 37.0 Å². The summed E-state index contributed by atoms with van der Waals surface area (Å²) in [6.07, 6.45) is 6.04. The monoisotopic (exact) mass is 269 g/mol. The molecule has 0 spiro atoms. The van der Waals surface area contributed by atoms with E-state index in [1.165, 1.54) is 37.5 Å². The molecule has 1 aliphatic carbocycles. The van der Waals surface area contributed by atoms with Crippen LogP contribution in [0.2, 0.25) is 5.02 Å². The second kappa shape index (κ2) is 6.19. The summed E-state index contributed by atoms with van der Waals surface area (Å²) >= 11 is 5.76. The van der Waals surface area contributed by atoms with Crippen molar-refractivity contribution >= 4 is 17.5 Å². The second-order valence-corrected chi connectivity index (χ2v) is 5.27. The summed E-state index contributed by atoms with van der Waals surface area (Å²) in [5.41, 5.74) is 0.0262. The largest absolute Gasteiger partial charge is 0.352 e. The predicted octanol–water partition coefficient (Wildman–Crippen LogP) is 3.79. The number of benzene rings is 1. The first kappa shape index (κ1) is 13.3. The Hall–Kier alpha value is -1.09. The molecule has 0 bridgehead atoms. The van der Waals surface area contributed by atoms with Gasteiger partial charge in [0.15, 0.2) is 0 Å². The van der Waals surface area contributed by atoms with Gasteiger partial charge in [0.2, 0.25) is 0 Å². The van der Waals surface area contributed by atoms with Gasteiger partial charge in [-0.1, -0.05) is 30.9 Å². The van der Waals surface area contributed by atoms with Crippen molar-refractivity contribution in [2.75, 3.05) is 6.54 Å². The highest BCUT2D eigenvalue weighted by atomic mass is 35.5. The van der Waals surface area contributed by atoms with E-state index in [-0.39, 0.29) is 11.5 Å². The smallest absolute Gasteiger partial charge is 0.254 e. The minimum Gasteiger partial charge on any atom is -0.352 e. The highest BCUT2D eigenvalue weighted by molar-refractivity contribution is 6.30. The first-order valence-corrected chi connectivity index (χ1v) is 6.78. The maximum atomic E-state index is 13.5. The lowest BCUT2D eigenvalue weighted by atomic mass is 9.89. The summed E-state index contributed by atoms with van der Waals surface area (Å²) in [7, 11) is 0. The molecule has 0 radical (unpaired) electrons. The topological polar surface area (TPSA) is 29.1 Å². The Kier molecular flexibility index (Phi) is 4.59. The van der Waals surface area contributed by atoms with Crippen molar-refractivity contribution in [1.29, 1.82) is 0 Å². The quantitative estimate of drug-likeness (QED) is 0.889. The van der Waals surface area contributed by atoms with Crippen LogP contribution >= 0.6 is 11.6 Å². The van der Waals surface area contributed by atoms with Gasteiger partial charge in [-0.15, -0.1) is 0 Å². The van der Waals surface area contributed by atoms with Gasteiger partial charge in [-0.2, -0.15) is 0 Å². The fourth-order valence-electron chi connectivity index (χ4n) is 2.40. The number of rotatable bonds is 3. The molecule has 0 heterocycles. The maximum Gasteiger partial charge on any atom is 0.254 e. The molecule has 2 nitrogen and oxygen atoms in total. The van der Waals surface area contributed by atoms with Gasteiger partial charge in [0, 0.05) is 11.6 Å². The van der Waals surface area contributed by atoms with E-state index in [1.54, 1.807) is 0 Å². The zero-order valence-electron chi connectivity index (χ0n) is 10.2. The third-order valence-electron chi connectivity index (χ3n) is 3.45.